The van der Waals surface area contributed by atoms with Crippen molar-refractivity contribution in [3.8, 4) is 11.8 Å². The van der Waals surface area contributed by atoms with E-state index in [0.717, 1.165) is 35.5 Å². The summed E-state index contributed by atoms with van der Waals surface area (Å²) in [4.78, 5) is 7.97. The van der Waals surface area contributed by atoms with Crippen LogP contribution >= 0.6 is 11.5 Å². The third-order valence-corrected chi connectivity index (χ3v) is 7.67. The normalized spacial score (nSPS) is 24.8. The molecule has 1 aromatic carbocycles. The summed E-state index contributed by atoms with van der Waals surface area (Å²) in [6.07, 6.45) is -2.38. The molecule has 11 heteroatoms. The molecule has 182 valence electrons. The lowest BCUT2D eigenvalue weighted by Gasteiger charge is -2.42. The molecular formula is C23H27F3N6OS. The van der Waals surface area contributed by atoms with Crippen LogP contribution in [0.4, 0.5) is 19.1 Å². The summed E-state index contributed by atoms with van der Waals surface area (Å²) >= 11 is 1.47. The second kappa shape index (κ2) is 8.53. The van der Waals surface area contributed by atoms with Gasteiger partial charge in [0.05, 0.1) is 23.3 Å². The van der Waals surface area contributed by atoms with E-state index in [1.165, 1.54) is 23.7 Å². The minimum Gasteiger partial charge on any atom is -0.424 e. The Balaban J connectivity index is 1.51. The second-order valence-electron chi connectivity index (χ2n) is 9.41. The van der Waals surface area contributed by atoms with Crippen LogP contribution in [-0.2, 0) is 6.18 Å². The number of rotatable bonds is 5. The first-order chi connectivity index (χ1) is 16.1. The van der Waals surface area contributed by atoms with Gasteiger partial charge < -0.3 is 15.4 Å². The number of fused-ring (bicyclic) bond motifs is 2. The number of aromatic nitrogens is 4. The third-order valence-electron chi connectivity index (χ3n) is 6.73. The van der Waals surface area contributed by atoms with E-state index in [-0.39, 0.29) is 35.8 Å². The van der Waals surface area contributed by atoms with E-state index in [9.17, 15) is 13.2 Å². The molecule has 34 heavy (non-hydrogen) atoms. The van der Waals surface area contributed by atoms with Crippen molar-refractivity contribution in [2.24, 2.45) is 17.6 Å². The molecule has 5 rings (SSSR count). The average Bonchev–Trinajstić information content (AvgIpc) is 3.44. The number of anilines is 1. The Bertz CT molecular complexity index is 1180. The van der Waals surface area contributed by atoms with Gasteiger partial charge in [-0.05, 0) is 81.2 Å². The van der Waals surface area contributed by atoms with Crippen LogP contribution in [0.1, 0.15) is 54.9 Å². The number of alkyl halides is 3. The van der Waals surface area contributed by atoms with Crippen LogP contribution in [0, 0.1) is 18.8 Å². The maximum atomic E-state index is 13.2. The minimum absolute atomic E-state index is 0.00405. The number of ether oxygens (including phenoxy) is 1. The van der Waals surface area contributed by atoms with Gasteiger partial charge >= 0.3 is 12.2 Å². The van der Waals surface area contributed by atoms with Gasteiger partial charge in [-0.15, -0.1) is 5.10 Å². The summed E-state index contributed by atoms with van der Waals surface area (Å²) in [5.41, 5.74) is 6.77. The lowest BCUT2D eigenvalue weighted by Crippen LogP contribution is -2.51. The van der Waals surface area contributed by atoms with Crippen molar-refractivity contribution >= 4 is 17.5 Å². The Morgan fingerprint density at radius 3 is 2.68 bits per heavy atom. The predicted molar refractivity (Wildman–Crippen MR) is 123 cm³/mol. The molecule has 0 spiro atoms. The topological polar surface area (TPSA) is 82.1 Å². The maximum Gasteiger partial charge on any atom is 0.416 e. The van der Waals surface area contributed by atoms with Crippen molar-refractivity contribution in [1.82, 2.24) is 19.1 Å². The summed E-state index contributed by atoms with van der Waals surface area (Å²) in [6, 6.07) is 7.05. The van der Waals surface area contributed by atoms with E-state index in [1.54, 1.807) is 4.68 Å². The van der Waals surface area contributed by atoms with Crippen LogP contribution in [0.3, 0.4) is 0 Å². The number of hydrogen-bond donors (Lipinski definition) is 1. The SMILES string of the molecule is Cc1cc(C2C3CCC(CN2c2nc(Oc4cccc(C(F)(F)F)c4)n(C(C)C)n2)C3N)sn1. The molecule has 1 saturated carbocycles. The van der Waals surface area contributed by atoms with Crippen molar-refractivity contribution in [1.29, 1.82) is 0 Å². The zero-order chi connectivity index (χ0) is 24.2. The van der Waals surface area contributed by atoms with Crippen LogP contribution in [0.15, 0.2) is 30.3 Å². The summed E-state index contributed by atoms with van der Waals surface area (Å²) < 4.78 is 51.4. The summed E-state index contributed by atoms with van der Waals surface area (Å²) in [5.74, 6) is 1.16. The predicted octanol–water partition coefficient (Wildman–Crippen LogP) is 5.35. The fourth-order valence-corrected chi connectivity index (χ4v) is 6.02. The van der Waals surface area contributed by atoms with Gasteiger partial charge in [0, 0.05) is 17.5 Å². The zero-order valence-corrected chi connectivity index (χ0v) is 20.0. The molecule has 0 amide bonds. The molecule has 2 bridgehead atoms. The van der Waals surface area contributed by atoms with Crippen molar-refractivity contribution in [2.45, 2.75) is 57.9 Å². The first-order valence-corrected chi connectivity index (χ1v) is 12.2. The molecule has 4 unspecified atom stereocenters. The first kappa shape index (κ1) is 23.1. The van der Waals surface area contributed by atoms with Crippen LogP contribution in [0.25, 0.3) is 0 Å². The van der Waals surface area contributed by atoms with E-state index < -0.39 is 11.7 Å². The molecule has 2 aliphatic rings. The molecule has 4 atom stereocenters. The molecular weight excluding hydrogens is 465 g/mol. The highest BCUT2D eigenvalue weighted by molar-refractivity contribution is 7.05. The Labute approximate surface area is 199 Å². The fraction of sp³-hybridized carbons (Fsp3) is 0.522. The van der Waals surface area contributed by atoms with Gasteiger partial charge in [-0.3, -0.25) is 0 Å². The lowest BCUT2D eigenvalue weighted by atomic mass is 9.85. The third kappa shape index (κ3) is 4.15. The quantitative estimate of drug-likeness (QED) is 0.517. The molecule has 3 heterocycles. The van der Waals surface area contributed by atoms with Crippen LogP contribution in [0.5, 0.6) is 11.8 Å². The molecule has 1 aliphatic carbocycles. The lowest BCUT2D eigenvalue weighted by molar-refractivity contribution is -0.137. The number of hydrogen-bond acceptors (Lipinski definition) is 7. The second-order valence-corrected chi connectivity index (χ2v) is 10.2. The molecule has 7 nitrogen and oxygen atoms in total. The summed E-state index contributed by atoms with van der Waals surface area (Å²) in [6.45, 7) is 6.54. The van der Waals surface area contributed by atoms with E-state index in [2.05, 4.69) is 20.3 Å². The van der Waals surface area contributed by atoms with Crippen LogP contribution in [0.2, 0.25) is 0 Å². The van der Waals surface area contributed by atoms with Crippen LogP contribution in [-0.4, -0.2) is 31.7 Å². The number of nitrogens with zero attached hydrogens (tertiary/aromatic N) is 5. The smallest absolute Gasteiger partial charge is 0.416 e. The number of aryl methyl sites for hydroxylation is 1. The largest absolute Gasteiger partial charge is 0.424 e. The first-order valence-electron chi connectivity index (χ1n) is 11.4. The van der Waals surface area contributed by atoms with Gasteiger partial charge in [-0.25, -0.2) is 4.68 Å². The zero-order valence-electron chi connectivity index (χ0n) is 19.2. The Hall–Kier alpha value is -2.66. The Kier molecular flexibility index (Phi) is 5.79. The van der Waals surface area contributed by atoms with E-state index >= 15 is 0 Å². The number of piperidine rings is 1. The molecule has 2 aromatic heterocycles. The molecule has 3 aromatic rings. The molecule has 2 fully saturated rings. The summed E-state index contributed by atoms with van der Waals surface area (Å²) in [5, 5.41) is 4.73. The monoisotopic (exact) mass is 492 g/mol. The van der Waals surface area contributed by atoms with E-state index in [1.807, 2.05) is 20.8 Å². The van der Waals surface area contributed by atoms with Crippen molar-refractivity contribution in [3.05, 3.63) is 46.5 Å². The van der Waals surface area contributed by atoms with Gasteiger partial charge in [0.2, 0.25) is 5.95 Å². The van der Waals surface area contributed by atoms with Crippen molar-refractivity contribution < 1.29 is 17.9 Å². The van der Waals surface area contributed by atoms with Crippen molar-refractivity contribution in [2.75, 3.05) is 11.4 Å². The van der Waals surface area contributed by atoms with Crippen LogP contribution < -0.4 is 15.4 Å². The minimum atomic E-state index is -4.46. The standard InChI is InChI=1S/C23H27F3N6OS/c1-12(2)32-22(33-16-6-4-5-15(10-16)23(24,25)26)28-21(29-32)31-11-14-7-8-17(19(14)27)20(31)18-9-13(3)30-34-18/h4-6,9-10,12,14,17,19-20H,7-8,11,27H2,1-3H3. The highest BCUT2D eigenvalue weighted by Gasteiger charge is 2.48. The van der Waals surface area contributed by atoms with Gasteiger partial charge in [-0.2, -0.15) is 22.5 Å². The number of nitrogens with two attached hydrogens (primary N) is 1. The van der Waals surface area contributed by atoms with Gasteiger partial charge in [0.25, 0.3) is 0 Å². The molecule has 1 aliphatic heterocycles. The van der Waals surface area contributed by atoms with E-state index in [0.29, 0.717) is 18.4 Å². The average molecular weight is 493 g/mol. The van der Waals surface area contributed by atoms with E-state index in [4.69, 9.17) is 15.6 Å². The molecule has 2 N–H and O–H groups in total. The maximum absolute atomic E-state index is 13.2. The molecule has 1 saturated heterocycles. The fourth-order valence-electron chi connectivity index (χ4n) is 5.08. The summed E-state index contributed by atoms with van der Waals surface area (Å²) in [7, 11) is 0. The Morgan fingerprint density at radius 1 is 1.21 bits per heavy atom. The number of benzene rings is 1. The van der Waals surface area contributed by atoms with Crippen molar-refractivity contribution in [3.63, 3.8) is 0 Å². The number of halogens is 3. The highest BCUT2D eigenvalue weighted by Crippen LogP contribution is 2.49. The Morgan fingerprint density at radius 2 is 2.00 bits per heavy atom. The van der Waals surface area contributed by atoms with Gasteiger partial charge in [0.1, 0.15) is 5.75 Å². The van der Waals surface area contributed by atoms with Gasteiger partial charge in [-0.1, -0.05) is 6.07 Å². The van der Waals surface area contributed by atoms with Gasteiger partial charge in [0.15, 0.2) is 0 Å². The highest BCUT2D eigenvalue weighted by atomic mass is 32.1. The molecule has 0 radical (unpaired) electrons.